The Morgan fingerprint density at radius 1 is 1.19 bits per heavy atom. The van der Waals surface area contributed by atoms with Crippen LogP contribution in [0.15, 0.2) is 0 Å². The average molecular weight is 294 g/mol. The summed E-state index contributed by atoms with van der Waals surface area (Å²) in [4.78, 5) is 12.3. The second-order valence-electron chi connectivity index (χ2n) is 7.95. The number of carbonyl (C=O) groups excluding carboxylic acids is 1. The first-order chi connectivity index (χ1) is 10.0. The highest BCUT2D eigenvalue weighted by molar-refractivity contribution is 5.80. The van der Waals surface area contributed by atoms with Crippen molar-refractivity contribution in [1.29, 1.82) is 0 Å². The molecule has 0 bridgehead atoms. The van der Waals surface area contributed by atoms with Crippen molar-refractivity contribution in [3.8, 4) is 0 Å². The Morgan fingerprint density at radius 2 is 1.90 bits per heavy atom. The van der Waals surface area contributed by atoms with E-state index in [2.05, 4.69) is 20.8 Å². The standard InChI is InChI=1S/C18H30O3/c1-12(2)15-6-7-18(3)13(10-14(19)11-16(15)18)4-5-17-20-8-9-21-17/h12-13,15-17H,4-11H2,1-3H3/t13-,15+,16+,18-/m1/s1. The Labute approximate surface area is 128 Å². The van der Waals surface area contributed by atoms with Crippen LogP contribution in [0.3, 0.4) is 0 Å². The van der Waals surface area contributed by atoms with Gasteiger partial charge < -0.3 is 9.47 Å². The number of fused-ring (bicyclic) bond motifs is 1. The summed E-state index contributed by atoms with van der Waals surface area (Å²) in [5, 5.41) is 0. The first kappa shape index (κ1) is 15.5. The third-order valence-electron chi connectivity index (χ3n) is 6.53. The summed E-state index contributed by atoms with van der Waals surface area (Å²) in [6, 6.07) is 0. The lowest BCUT2D eigenvalue weighted by Gasteiger charge is -2.45. The zero-order valence-electron chi connectivity index (χ0n) is 13.8. The highest BCUT2D eigenvalue weighted by Crippen LogP contribution is 2.59. The normalized spacial score (nSPS) is 41.0. The second-order valence-corrected chi connectivity index (χ2v) is 7.95. The number of rotatable bonds is 4. The van der Waals surface area contributed by atoms with Gasteiger partial charge in [-0.1, -0.05) is 20.8 Å². The van der Waals surface area contributed by atoms with E-state index < -0.39 is 0 Å². The molecule has 0 aromatic carbocycles. The van der Waals surface area contributed by atoms with Crippen LogP contribution in [0.2, 0.25) is 0 Å². The molecule has 0 spiro atoms. The summed E-state index contributed by atoms with van der Waals surface area (Å²) in [6.07, 6.45) is 6.22. The Kier molecular flexibility index (Phi) is 4.42. The summed E-state index contributed by atoms with van der Waals surface area (Å²) >= 11 is 0. The van der Waals surface area contributed by atoms with Crippen LogP contribution >= 0.6 is 0 Å². The molecule has 0 aromatic rings. The van der Waals surface area contributed by atoms with Gasteiger partial charge in [0, 0.05) is 12.8 Å². The van der Waals surface area contributed by atoms with Gasteiger partial charge in [0.1, 0.15) is 5.78 Å². The van der Waals surface area contributed by atoms with Crippen LogP contribution in [0.25, 0.3) is 0 Å². The summed E-state index contributed by atoms with van der Waals surface area (Å²) in [7, 11) is 0. The van der Waals surface area contributed by atoms with E-state index in [4.69, 9.17) is 9.47 Å². The third-order valence-corrected chi connectivity index (χ3v) is 6.53. The fourth-order valence-corrected chi connectivity index (χ4v) is 5.22. The van der Waals surface area contributed by atoms with Crippen LogP contribution in [0, 0.1) is 29.1 Å². The zero-order valence-corrected chi connectivity index (χ0v) is 13.8. The van der Waals surface area contributed by atoms with Crippen molar-refractivity contribution in [3.63, 3.8) is 0 Å². The van der Waals surface area contributed by atoms with Crippen molar-refractivity contribution >= 4 is 5.78 Å². The van der Waals surface area contributed by atoms with Gasteiger partial charge in [-0.2, -0.15) is 0 Å². The van der Waals surface area contributed by atoms with Gasteiger partial charge in [-0.15, -0.1) is 0 Å². The molecule has 4 atom stereocenters. The van der Waals surface area contributed by atoms with Gasteiger partial charge in [-0.3, -0.25) is 4.79 Å². The lowest BCUT2D eigenvalue weighted by Crippen LogP contribution is -2.41. The largest absolute Gasteiger partial charge is 0.350 e. The molecule has 0 radical (unpaired) electrons. The van der Waals surface area contributed by atoms with E-state index in [-0.39, 0.29) is 6.29 Å². The maximum Gasteiger partial charge on any atom is 0.157 e. The fourth-order valence-electron chi connectivity index (χ4n) is 5.22. The zero-order chi connectivity index (χ0) is 15.0. The van der Waals surface area contributed by atoms with Gasteiger partial charge in [0.15, 0.2) is 6.29 Å². The number of hydrogen-bond acceptors (Lipinski definition) is 3. The predicted molar refractivity (Wildman–Crippen MR) is 81.8 cm³/mol. The average Bonchev–Trinajstić information content (AvgIpc) is 3.04. The van der Waals surface area contributed by atoms with E-state index in [1.54, 1.807) is 0 Å². The minimum absolute atomic E-state index is 0.0219. The topological polar surface area (TPSA) is 35.5 Å². The van der Waals surface area contributed by atoms with E-state index >= 15 is 0 Å². The molecule has 3 fully saturated rings. The van der Waals surface area contributed by atoms with Crippen LogP contribution in [0.4, 0.5) is 0 Å². The molecule has 0 amide bonds. The third kappa shape index (κ3) is 2.92. The highest BCUT2D eigenvalue weighted by atomic mass is 16.7. The van der Waals surface area contributed by atoms with Gasteiger partial charge in [-0.05, 0) is 54.8 Å². The van der Waals surface area contributed by atoms with E-state index in [9.17, 15) is 4.79 Å². The van der Waals surface area contributed by atoms with Crippen LogP contribution in [0.1, 0.15) is 59.3 Å². The number of Topliss-reactive ketones (excluding diaryl/α,β-unsaturated/α-hetero) is 1. The molecule has 0 aromatic heterocycles. The lowest BCUT2D eigenvalue weighted by molar-refractivity contribution is -0.129. The van der Waals surface area contributed by atoms with Crippen molar-refractivity contribution in [2.24, 2.45) is 29.1 Å². The SMILES string of the molecule is CC(C)[C@@H]1CC[C@]2(C)[C@H](CCC3OCCO3)CC(=O)C[C@@H]12. The molecule has 3 aliphatic rings. The number of ketones is 1. The number of hydrogen-bond donors (Lipinski definition) is 0. The molecule has 2 saturated carbocycles. The molecular formula is C18H30O3. The molecule has 21 heavy (non-hydrogen) atoms. The van der Waals surface area contributed by atoms with Crippen molar-refractivity contribution in [2.75, 3.05) is 13.2 Å². The van der Waals surface area contributed by atoms with E-state index in [0.717, 1.165) is 44.8 Å². The van der Waals surface area contributed by atoms with Gasteiger partial charge in [0.2, 0.25) is 0 Å². The van der Waals surface area contributed by atoms with Crippen molar-refractivity contribution in [2.45, 2.75) is 65.6 Å². The molecule has 1 aliphatic heterocycles. The maximum absolute atomic E-state index is 12.3. The first-order valence-corrected chi connectivity index (χ1v) is 8.75. The van der Waals surface area contributed by atoms with E-state index in [1.807, 2.05) is 0 Å². The van der Waals surface area contributed by atoms with Crippen molar-refractivity contribution in [1.82, 2.24) is 0 Å². The Balaban J connectivity index is 1.69. The highest BCUT2D eigenvalue weighted by Gasteiger charge is 2.53. The molecule has 0 unspecified atom stereocenters. The monoisotopic (exact) mass is 294 g/mol. The summed E-state index contributed by atoms with van der Waals surface area (Å²) in [5.41, 5.74) is 0.363. The summed E-state index contributed by atoms with van der Waals surface area (Å²) in [6.45, 7) is 8.55. The molecule has 3 rings (SSSR count). The second kappa shape index (κ2) is 6.00. The number of ether oxygens (including phenoxy) is 2. The molecule has 1 saturated heterocycles. The molecule has 1 heterocycles. The Morgan fingerprint density at radius 3 is 2.57 bits per heavy atom. The van der Waals surface area contributed by atoms with Crippen LogP contribution in [-0.4, -0.2) is 25.3 Å². The quantitative estimate of drug-likeness (QED) is 0.791. The molecule has 3 heteroatoms. The van der Waals surface area contributed by atoms with Crippen molar-refractivity contribution in [3.05, 3.63) is 0 Å². The van der Waals surface area contributed by atoms with E-state index in [0.29, 0.717) is 29.0 Å². The smallest absolute Gasteiger partial charge is 0.157 e. The summed E-state index contributed by atoms with van der Waals surface area (Å²) < 4.78 is 11.1. The fraction of sp³-hybridized carbons (Fsp3) is 0.944. The van der Waals surface area contributed by atoms with Gasteiger partial charge >= 0.3 is 0 Å². The van der Waals surface area contributed by atoms with Crippen LogP contribution in [0.5, 0.6) is 0 Å². The lowest BCUT2D eigenvalue weighted by atomic mass is 9.59. The molecule has 2 aliphatic carbocycles. The van der Waals surface area contributed by atoms with Crippen LogP contribution < -0.4 is 0 Å². The van der Waals surface area contributed by atoms with Crippen molar-refractivity contribution < 1.29 is 14.3 Å². The Bertz CT molecular complexity index is 386. The molecule has 0 N–H and O–H groups in total. The van der Waals surface area contributed by atoms with Gasteiger partial charge in [0.05, 0.1) is 13.2 Å². The maximum atomic E-state index is 12.3. The van der Waals surface area contributed by atoms with Gasteiger partial charge in [-0.25, -0.2) is 0 Å². The first-order valence-electron chi connectivity index (χ1n) is 8.75. The number of carbonyl (C=O) groups is 1. The van der Waals surface area contributed by atoms with Crippen LogP contribution in [-0.2, 0) is 14.3 Å². The van der Waals surface area contributed by atoms with E-state index in [1.165, 1.54) is 12.8 Å². The minimum Gasteiger partial charge on any atom is -0.350 e. The molecule has 3 nitrogen and oxygen atoms in total. The summed E-state index contributed by atoms with van der Waals surface area (Å²) in [5.74, 6) is 3.06. The Hall–Kier alpha value is -0.410. The molecule has 120 valence electrons. The molecular weight excluding hydrogens is 264 g/mol. The van der Waals surface area contributed by atoms with Gasteiger partial charge in [0.25, 0.3) is 0 Å². The predicted octanol–water partition coefficient (Wildman–Crippen LogP) is 3.81. The minimum atomic E-state index is -0.0219.